The van der Waals surface area contributed by atoms with E-state index in [2.05, 4.69) is 0 Å². The number of hydrogen-bond donors (Lipinski definition) is 1. The van der Waals surface area contributed by atoms with Crippen LogP contribution < -0.4 is 0 Å². The van der Waals surface area contributed by atoms with Crippen molar-refractivity contribution >= 4 is 11.6 Å². The molecular formula is C14H16ClFO3. The summed E-state index contributed by atoms with van der Waals surface area (Å²) in [6.45, 7) is 1.16. The predicted molar refractivity (Wildman–Crippen MR) is 68.4 cm³/mol. The number of halogens is 2. The lowest BCUT2D eigenvalue weighted by Gasteiger charge is -2.41. The first-order chi connectivity index (χ1) is 9.05. The SMILES string of the molecule is OC1(c2c(F)cccc2Cl)CCC2(CC1)OCCO2. The van der Waals surface area contributed by atoms with Crippen molar-refractivity contribution in [3.8, 4) is 0 Å². The minimum Gasteiger partial charge on any atom is -0.385 e. The molecule has 1 saturated carbocycles. The Morgan fingerprint density at radius 1 is 1.11 bits per heavy atom. The van der Waals surface area contributed by atoms with Gasteiger partial charge in [-0.1, -0.05) is 17.7 Å². The smallest absolute Gasteiger partial charge is 0.168 e. The molecule has 0 atom stereocenters. The molecule has 1 spiro atoms. The summed E-state index contributed by atoms with van der Waals surface area (Å²) in [6, 6.07) is 4.47. The highest BCUT2D eigenvalue weighted by atomic mass is 35.5. The van der Waals surface area contributed by atoms with E-state index >= 15 is 0 Å². The van der Waals surface area contributed by atoms with Gasteiger partial charge in [0.05, 0.1) is 18.8 Å². The first kappa shape index (κ1) is 13.3. The van der Waals surface area contributed by atoms with Gasteiger partial charge in [-0.05, 0) is 25.0 Å². The fourth-order valence-corrected chi connectivity index (χ4v) is 3.36. The Morgan fingerprint density at radius 3 is 2.32 bits per heavy atom. The van der Waals surface area contributed by atoms with Crippen LogP contribution in [0.5, 0.6) is 0 Å². The van der Waals surface area contributed by atoms with Crippen molar-refractivity contribution in [2.45, 2.75) is 37.1 Å². The van der Waals surface area contributed by atoms with Gasteiger partial charge in [0.15, 0.2) is 5.79 Å². The second-order valence-corrected chi connectivity index (χ2v) is 5.64. The maximum absolute atomic E-state index is 13.9. The van der Waals surface area contributed by atoms with Crippen molar-refractivity contribution in [3.05, 3.63) is 34.6 Å². The largest absolute Gasteiger partial charge is 0.385 e. The van der Waals surface area contributed by atoms with Crippen LogP contribution >= 0.6 is 11.6 Å². The maximum atomic E-state index is 13.9. The summed E-state index contributed by atoms with van der Waals surface area (Å²) >= 11 is 6.04. The van der Waals surface area contributed by atoms with Crippen LogP contribution in [0.3, 0.4) is 0 Å². The van der Waals surface area contributed by atoms with E-state index in [1.54, 1.807) is 6.07 Å². The topological polar surface area (TPSA) is 38.7 Å². The monoisotopic (exact) mass is 286 g/mol. The third-order valence-electron chi connectivity index (χ3n) is 4.08. The first-order valence-electron chi connectivity index (χ1n) is 6.50. The van der Waals surface area contributed by atoms with Gasteiger partial charge in [0.2, 0.25) is 0 Å². The van der Waals surface area contributed by atoms with Gasteiger partial charge in [0.25, 0.3) is 0 Å². The van der Waals surface area contributed by atoms with Crippen LogP contribution in [0.1, 0.15) is 31.2 Å². The number of rotatable bonds is 1. The summed E-state index contributed by atoms with van der Waals surface area (Å²) in [5.74, 6) is -1.04. The van der Waals surface area contributed by atoms with Crippen LogP contribution in [0.2, 0.25) is 5.02 Å². The van der Waals surface area contributed by atoms with Gasteiger partial charge in [0, 0.05) is 23.4 Å². The minimum absolute atomic E-state index is 0.199. The summed E-state index contributed by atoms with van der Waals surface area (Å²) in [6.07, 6.45) is 1.86. The Kier molecular flexibility index (Phi) is 3.29. The highest BCUT2D eigenvalue weighted by Crippen LogP contribution is 2.47. The minimum atomic E-state index is -1.23. The van der Waals surface area contributed by atoms with E-state index in [4.69, 9.17) is 21.1 Å². The number of ether oxygens (including phenoxy) is 2. The van der Waals surface area contributed by atoms with E-state index in [1.165, 1.54) is 12.1 Å². The zero-order chi connectivity index (χ0) is 13.5. The highest BCUT2D eigenvalue weighted by Gasteiger charge is 2.47. The fraction of sp³-hybridized carbons (Fsp3) is 0.571. The molecule has 3 nitrogen and oxygen atoms in total. The Labute approximate surface area is 116 Å². The third-order valence-corrected chi connectivity index (χ3v) is 4.40. The van der Waals surface area contributed by atoms with Gasteiger partial charge in [-0.15, -0.1) is 0 Å². The van der Waals surface area contributed by atoms with Crippen molar-refractivity contribution in [3.63, 3.8) is 0 Å². The van der Waals surface area contributed by atoms with Crippen LogP contribution in [0.15, 0.2) is 18.2 Å². The molecule has 19 heavy (non-hydrogen) atoms. The van der Waals surface area contributed by atoms with Gasteiger partial charge >= 0.3 is 0 Å². The Hall–Kier alpha value is -0.680. The summed E-state index contributed by atoms with van der Waals surface area (Å²) in [7, 11) is 0. The van der Waals surface area contributed by atoms with Crippen LogP contribution in [-0.4, -0.2) is 24.1 Å². The molecule has 2 fully saturated rings. The van der Waals surface area contributed by atoms with E-state index in [9.17, 15) is 9.50 Å². The molecule has 0 amide bonds. The van der Waals surface area contributed by atoms with Crippen molar-refractivity contribution in [1.29, 1.82) is 0 Å². The summed E-state index contributed by atoms with van der Waals surface area (Å²) in [4.78, 5) is 0. The molecule has 3 rings (SSSR count). The zero-order valence-electron chi connectivity index (χ0n) is 10.5. The van der Waals surface area contributed by atoms with E-state index in [0.29, 0.717) is 38.9 Å². The molecular weight excluding hydrogens is 271 g/mol. The molecule has 2 aliphatic rings. The summed E-state index contributed by atoms with van der Waals surface area (Å²) < 4.78 is 25.2. The quantitative estimate of drug-likeness (QED) is 0.862. The van der Waals surface area contributed by atoms with E-state index in [1.807, 2.05) is 0 Å². The molecule has 1 aliphatic carbocycles. The van der Waals surface area contributed by atoms with Gasteiger partial charge in [-0.2, -0.15) is 0 Å². The van der Waals surface area contributed by atoms with Gasteiger partial charge in [0.1, 0.15) is 5.82 Å². The molecule has 5 heteroatoms. The van der Waals surface area contributed by atoms with Crippen molar-refractivity contribution < 1.29 is 19.0 Å². The fourth-order valence-electron chi connectivity index (χ4n) is 3.02. The van der Waals surface area contributed by atoms with Gasteiger partial charge in [-0.25, -0.2) is 4.39 Å². The molecule has 104 valence electrons. The Bertz CT molecular complexity index is 455. The Balaban J connectivity index is 1.85. The molecule has 1 saturated heterocycles. The molecule has 1 aromatic carbocycles. The lowest BCUT2D eigenvalue weighted by molar-refractivity contribution is -0.204. The standard InChI is InChI=1S/C14H16ClFO3/c15-10-2-1-3-11(16)12(10)13(17)4-6-14(7-5-13)18-8-9-19-14/h1-3,17H,4-9H2. The number of hydrogen-bond acceptors (Lipinski definition) is 3. The summed E-state index contributed by atoms with van der Waals surface area (Å²) in [5, 5.41) is 11.0. The third kappa shape index (κ3) is 2.27. The average molecular weight is 287 g/mol. The van der Waals surface area contributed by atoms with E-state index < -0.39 is 17.2 Å². The van der Waals surface area contributed by atoms with Crippen LogP contribution in [-0.2, 0) is 15.1 Å². The molecule has 1 aromatic rings. The van der Waals surface area contributed by atoms with E-state index in [0.717, 1.165) is 0 Å². The second-order valence-electron chi connectivity index (χ2n) is 5.24. The molecule has 0 aromatic heterocycles. The van der Waals surface area contributed by atoms with Gasteiger partial charge in [-0.3, -0.25) is 0 Å². The lowest BCUT2D eigenvalue weighted by atomic mass is 9.77. The predicted octanol–water partition coefficient (Wildman–Crippen LogP) is 2.98. The molecule has 0 unspecified atom stereocenters. The second kappa shape index (κ2) is 4.70. The normalized spacial score (nSPS) is 24.8. The molecule has 1 heterocycles. The van der Waals surface area contributed by atoms with Crippen LogP contribution in [0.25, 0.3) is 0 Å². The van der Waals surface area contributed by atoms with E-state index in [-0.39, 0.29) is 10.6 Å². The van der Waals surface area contributed by atoms with Gasteiger partial charge < -0.3 is 14.6 Å². The highest BCUT2D eigenvalue weighted by molar-refractivity contribution is 6.31. The lowest BCUT2D eigenvalue weighted by Crippen LogP contribution is -2.42. The molecule has 1 aliphatic heterocycles. The first-order valence-corrected chi connectivity index (χ1v) is 6.87. The zero-order valence-corrected chi connectivity index (χ0v) is 11.3. The molecule has 0 radical (unpaired) electrons. The van der Waals surface area contributed by atoms with Crippen LogP contribution in [0, 0.1) is 5.82 Å². The Morgan fingerprint density at radius 2 is 1.74 bits per heavy atom. The molecule has 0 bridgehead atoms. The van der Waals surface area contributed by atoms with Crippen molar-refractivity contribution in [2.24, 2.45) is 0 Å². The molecule has 1 N–H and O–H groups in total. The van der Waals surface area contributed by atoms with Crippen molar-refractivity contribution in [1.82, 2.24) is 0 Å². The van der Waals surface area contributed by atoms with Crippen LogP contribution in [0.4, 0.5) is 4.39 Å². The average Bonchev–Trinajstić information content (AvgIpc) is 2.82. The van der Waals surface area contributed by atoms with Crippen molar-refractivity contribution in [2.75, 3.05) is 13.2 Å². The maximum Gasteiger partial charge on any atom is 0.168 e. The number of aliphatic hydroxyl groups is 1. The summed E-state index contributed by atoms with van der Waals surface area (Å²) in [5.41, 5.74) is -1.03. The number of benzene rings is 1.